The molecule has 0 aliphatic rings. The van der Waals surface area contributed by atoms with Crippen LogP contribution in [0.1, 0.15) is 16.8 Å². The van der Waals surface area contributed by atoms with E-state index in [9.17, 15) is 14.9 Å². The predicted octanol–water partition coefficient (Wildman–Crippen LogP) is 3.31. The number of hydrogen-bond donors (Lipinski definition) is 1. The fourth-order valence-corrected chi connectivity index (χ4v) is 3.36. The molecule has 2 heterocycles. The second-order valence-corrected chi connectivity index (χ2v) is 7.10. The summed E-state index contributed by atoms with van der Waals surface area (Å²) in [5.74, 6) is 0.258. The smallest absolute Gasteiger partial charge is 0.245 e. The van der Waals surface area contributed by atoms with Crippen LogP contribution < -0.4 is 10.7 Å². The fourth-order valence-electron chi connectivity index (χ4n) is 3.36. The first-order valence-corrected chi connectivity index (χ1v) is 9.42. The minimum absolute atomic E-state index is 0.00189. The summed E-state index contributed by atoms with van der Waals surface area (Å²) in [4.78, 5) is 25.2. The molecule has 2 aromatic carbocycles. The van der Waals surface area contributed by atoms with Gasteiger partial charge < -0.3 is 9.88 Å². The minimum Gasteiger partial charge on any atom is -0.336 e. The number of hydrogen-bond acceptors (Lipinski definition) is 4. The lowest BCUT2D eigenvalue weighted by molar-refractivity contribution is -0.116. The maximum absolute atomic E-state index is 12.8. The van der Waals surface area contributed by atoms with Gasteiger partial charge in [-0.15, -0.1) is 0 Å². The molecule has 7 nitrogen and oxygen atoms in total. The molecule has 0 saturated heterocycles. The van der Waals surface area contributed by atoms with Gasteiger partial charge in [-0.25, -0.2) is 4.68 Å². The van der Waals surface area contributed by atoms with Gasteiger partial charge >= 0.3 is 0 Å². The SMILES string of the molecule is Cc1ccc(-n2nc(C)cc2NC(=O)Cn2cc(C#N)c(=O)c3ccccc32)cc1. The van der Waals surface area contributed by atoms with Crippen molar-refractivity contribution >= 4 is 22.6 Å². The Morgan fingerprint density at radius 1 is 1.13 bits per heavy atom. The molecule has 4 rings (SSSR count). The van der Waals surface area contributed by atoms with Crippen molar-refractivity contribution in [3.05, 3.63) is 87.8 Å². The molecule has 7 heteroatoms. The summed E-state index contributed by atoms with van der Waals surface area (Å²) in [7, 11) is 0. The van der Waals surface area contributed by atoms with Crippen molar-refractivity contribution in [3.8, 4) is 11.8 Å². The Labute approximate surface area is 172 Å². The fraction of sp³-hybridized carbons (Fsp3) is 0.130. The van der Waals surface area contributed by atoms with Gasteiger partial charge in [-0.05, 0) is 38.1 Å². The minimum atomic E-state index is -0.335. The Morgan fingerprint density at radius 3 is 2.60 bits per heavy atom. The van der Waals surface area contributed by atoms with Gasteiger partial charge in [0.05, 0.1) is 16.9 Å². The zero-order chi connectivity index (χ0) is 21.3. The molecule has 0 bridgehead atoms. The molecule has 4 aromatic rings. The molecule has 0 unspecified atom stereocenters. The lowest BCUT2D eigenvalue weighted by Gasteiger charge is -2.13. The van der Waals surface area contributed by atoms with E-state index < -0.39 is 0 Å². The number of rotatable bonds is 4. The summed E-state index contributed by atoms with van der Waals surface area (Å²) in [6, 6.07) is 18.5. The Hall–Kier alpha value is -4.18. The molecule has 0 saturated carbocycles. The normalized spacial score (nSPS) is 10.7. The zero-order valence-corrected chi connectivity index (χ0v) is 16.6. The number of para-hydroxylation sites is 1. The van der Waals surface area contributed by atoms with Gasteiger partial charge in [0, 0.05) is 17.6 Å². The Balaban J connectivity index is 1.66. The maximum atomic E-state index is 12.8. The van der Waals surface area contributed by atoms with E-state index in [1.807, 2.05) is 44.2 Å². The number of amides is 1. The highest BCUT2D eigenvalue weighted by Gasteiger charge is 2.14. The van der Waals surface area contributed by atoms with Crippen LogP contribution in [-0.4, -0.2) is 20.3 Å². The number of carbonyl (C=O) groups is 1. The van der Waals surface area contributed by atoms with Crippen LogP contribution in [0.3, 0.4) is 0 Å². The molecule has 0 aliphatic heterocycles. The zero-order valence-electron chi connectivity index (χ0n) is 16.6. The monoisotopic (exact) mass is 397 g/mol. The summed E-state index contributed by atoms with van der Waals surface area (Å²) in [6.45, 7) is 3.81. The number of nitrogens with zero attached hydrogens (tertiary/aromatic N) is 4. The second kappa shape index (κ2) is 7.68. The Morgan fingerprint density at radius 2 is 1.87 bits per heavy atom. The summed E-state index contributed by atoms with van der Waals surface area (Å²) < 4.78 is 3.29. The average Bonchev–Trinajstić information content (AvgIpc) is 3.10. The van der Waals surface area contributed by atoms with Crippen LogP contribution in [0.25, 0.3) is 16.6 Å². The largest absolute Gasteiger partial charge is 0.336 e. The molecule has 0 aliphatic carbocycles. The quantitative estimate of drug-likeness (QED) is 0.572. The number of anilines is 1. The summed E-state index contributed by atoms with van der Waals surface area (Å²) >= 11 is 0. The van der Waals surface area contributed by atoms with Crippen molar-refractivity contribution in [2.24, 2.45) is 0 Å². The lowest BCUT2D eigenvalue weighted by Crippen LogP contribution is -2.22. The summed E-state index contributed by atoms with van der Waals surface area (Å²) in [5, 5.41) is 17.0. The van der Waals surface area contributed by atoms with E-state index in [4.69, 9.17) is 0 Å². The molecule has 1 N–H and O–H groups in total. The first kappa shape index (κ1) is 19.2. The van der Waals surface area contributed by atoms with Crippen molar-refractivity contribution in [2.45, 2.75) is 20.4 Å². The van der Waals surface area contributed by atoms with Gasteiger partial charge in [0.1, 0.15) is 24.0 Å². The van der Waals surface area contributed by atoms with Crippen molar-refractivity contribution in [2.75, 3.05) is 5.32 Å². The van der Waals surface area contributed by atoms with Gasteiger partial charge in [0.2, 0.25) is 11.3 Å². The number of carbonyl (C=O) groups excluding carboxylic acids is 1. The van der Waals surface area contributed by atoms with Crippen LogP contribution in [0.5, 0.6) is 0 Å². The van der Waals surface area contributed by atoms with E-state index in [2.05, 4.69) is 10.4 Å². The average molecular weight is 397 g/mol. The molecule has 1 amide bonds. The number of nitrogens with one attached hydrogen (secondary N) is 1. The van der Waals surface area contributed by atoms with Gasteiger partial charge in [-0.1, -0.05) is 29.8 Å². The first-order chi connectivity index (χ1) is 14.5. The van der Waals surface area contributed by atoms with E-state index in [1.165, 1.54) is 6.20 Å². The highest BCUT2D eigenvalue weighted by atomic mass is 16.2. The number of aromatic nitrogens is 3. The van der Waals surface area contributed by atoms with Crippen molar-refractivity contribution < 1.29 is 4.79 Å². The summed E-state index contributed by atoms with van der Waals surface area (Å²) in [5.41, 5.74) is 3.00. The number of benzene rings is 2. The van der Waals surface area contributed by atoms with Gasteiger partial charge in [-0.2, -0.15) is 10.4 Å². The van der Waals surface area contributed by atoms with Crippen molar-refractivity contribution in [1.82, 2.24) is 14.3 Å². The standard InChI is InChI=1S/C23H19N5O2/c1-15-7-9-18(10-8-15)28-21(11-16(2)26-28)25-22(29)14-27-13-17(12-24)23(30)19-5-3-4-6-20(19)27/h3-11,13H,14H2,1-2H3,(H,25,29). The third-order valence-corrected chi connectivity index (χ3v) is 4.80. The van der Waals surface area contributed by atoms with Crippen LogP contribution in [0.2, 0.25) is 0 Å². The summed E-state index contributed by atoms with van der Waals surface area (Å²) in [6.07, 6.45) is 1.42. The maximum Gasteiger partial charge on any atom is 0.245 e. The highest BCUT2D eigenvalue weighted by Crippen LogP contribution is 2.18. The Kier molecular flexibility index (Phi) is 4.90. The molecule has 0 radical (unpaired) electrons. The first-order valence-electron chi connectivity index (χ1n) is 9.42. The van der Waals surface area contributed by atoms with Gasteiger partial charge in [0.25, 0.3) is 0 Å². The molecule has 0 atom stereocenters. The molecule has 0 fully saturated rings. The van der Waals surface area contributed by atoms with Crippen LogP contribution in [0.4, 0.5) is 5.82 Å². The van der Waals surface area contributed by atoms with E-state index in [0.717, 1.165) is 16.9 Å². The van der Waals surface area contributed by atoms with Crippen LogP contribution in [-0.2, 0) is 11.3 Å². The van der Waals surface area contributed by atoms with Crippen molar-refractivity contribution in [1.29, 1.82) is 5.26 Å². The molecule has 148 valence electrons. The molecule has 0 spiro atoms. The molecule has 30 heavy (non-hydrogen) atoms. The van der Waals surface area contributed by atoms with Gasteiger partial charge in [0.15, 0.2) is 0 Å². The predicted molar refractivity (Wildman–Crippen MR) is 115 cm³/mol. The lowest BCUT2D eigenvalue weighted by atomic mass is 10.1. The number of fused-ring (bicyclic) bond motifs is 1. The van der Waals surface area contributed by atoms with E-state index in [-0.39, 0.29) is 23.4 Å². The number of nitriles is 1. The van der Waals surface area contributed by atoms with E-state index >= 15 is 0 Å². The molecule has 2 aromatic heterocycles. The van der Waals surface area contributed by atoms with Crippen LogP contribution in [0, 0.1) is 25.2 Å². The number of aryl methyl sites for hydroxylation is 2. The highest BCUT2D eigenvalue weighted by molar-refractivity contribution is 5.91. The van der Waals surface area contributed by atoms with Gasteiger partial charge in [-0.3, -0.25) is 9.59 Å². The number of pyridine rings is 1. The third-order valence-electron chi connectivity index (χ3n) is 4.80. The van der Waals surface area contributed by atoms with Crippen LogP contribution in [0.15, 0.2) is 65.6 Å². The van der Waals surface area contributed by atoms with Crippen LogP contribution >= 0.6 is 0 Å². The van der Waals surface area contributed by atoms with Crippen molar-refractivity contribution in [3.63, 3.8) is 0 Å². The molecular weight excluding hydrogens is 378 g/mol. The molecular formula is C23H19N5O2. The van der Waals surface area contributed by atoms with E-state index in [1.54, 1.807) is 39.6 Å². The third kappa shape index (κ3) is 3.59. The van der Waals surface area contributed by atoms with E-state index in [0.29, 0.717) is 16.7 Å². The topological polar surface area (TPSA) is 92.7 Å². The second-order valence-electron chi connectivity index (χ2n) is 7.10. The Bertz CT molecular complexity index is 1360.